The molecule has 7 rings (SSSR count). The molecule has 1 amide bonds. The number of anilines is 2. The summed E-state index contributed by atoms with van der Waals surface area (Å²) in [6.07, 6.45) is 5.50. The van der Waals surface area contributed by atoms with Gasteiger partial charge in [-0.3, -0.25) is 9.69 Å². The summed E-state index contributed by atoms with van der Waals surface area (Å²) in [4.78, 5) is 19.8. The average Bonchev–Trinajstić information content (AvgIpc) is 3.33. The van der Waals surface area contributed by atoms with Gasteiger partial charge in [0.15, 0.2) is 0 Å². The Bertz CT molecular complexity index is 1160. The first-order chi connectivity index (χ1) is 17.6. The first-order valence-electron chi connectivity index (χ1n) is 13.6. The van der Waals surface area contributed by atoms with Crippen LogP contribution in [0.4, 0.5) is 15.8 Å². The second-order valence-electron chi connectivity index (χ2n) is 11.2. The minimum Gasteiger partial charge on any atom is -0.491 e. The monoisotopic (exact) mass is 491 g/mol. The van der Waals surface area contributed by atoms with Crippen LogP contribution in [0.5, 0.6) is 5.75 Å². The van der Waals surface area contributed by atoms with Gasteiger partial charge in [-0.2, -0.15) is 0 Å². The number of fused-ring (bicyclic) bond motifs is 2. The van der Waals surface area contributed by atoms with E-state index in [0.717, 1.165) is 62.1 Å². The van der Waals surface area contributed by atoms with E-state index < -0.39 is 0 Å². The summed E-state index contributed by atoms with van der Waals surface area (Å²) in [6.45, 7) is 6.12. The molecule has 3 saturated heterocycles. The smallest absolute Gasteiger partial charge is 0.258 e. The number of nitrogens with zero attached hydrogens (tertiary/aromatic N) is 3. The predicted octanol–water partition coefficient (Wildman–Crippen LogP) is 4.12. The van der Waals surface area contributed by atoms with Crippen LogP contribution in [0.1, 0.15) is 41.6 Å². The number of benzene rings is 2. The van der Waals surface area contributed by atoms with Crippen LogP contribution < -0.4 is 14.5 Å². The maximum atomic E-state index is 15.3. The molecule has 2 aromatic carbocycles. The fourth-order valence-corrected chi connectivity index (χ4v) is 6.68. The Kier molecular flexibility index (Phi) is 5.66. The lowest BCUT2D eigenvalue weighted by atomic mass is 9.98. The molecule has 0 radical (unpaired) electrons. The summed E-state index contributed by atoms with van der Waals surface area (Å²) in [5, 5.41) is 0. The van der Waals surface area contributed by atoms with E-state index in [9.17, 15) is 4.79 Å². The number of rotatable bonds is 6. The van der Waals surface area contributed by atoms with E-state index in [2.05, 4.69) is 9.80 Å². The van der Waals surface area contributed by atoms with Gasteiger partial charge in [0.2, 0.25) is 0 Å². The van der Waals surface area contributed by atoms with E-state index >= 15 is 4.39 Å². The quantitative estimate of drug-likeness (QED) is 0.609. The molecule has 36 heavy (non-hydrogen) atoms. The first-order valence-corrected chi connectivity index (χ1v) is 13.6. The van der Waals surface area contributed by atoms with E-state index in [4.69, 9.17) is 9.47 Å². The summed E-state index contributed by atoms with van der Waals surface area (Å²) >= 11 is 0. The van der Waals surface area contributed by atoms with Crippen LogP contribution in [-0.2, 0) is 11.2 Å². The van der Waals surface area contributed by atoms with Gasteiger partial charge in [0.05, 0.1) is 11.8 Å². The van der Waals surface area contributed by atoms with Gasteiger partial charge in [-0.25, -0.2) is 4.39 Å². The third kappa shape index (κ3) is 4.16. The van der Waals surface area contributed by atoms with Crippen molar-refractivity contribution in [2.24, 2.45) is 11.8 Å². The molecule has 1 aliphatic carbocycles. The minimum absolute atomic E-state index is 0.0806. The van der Waals surface area contributed by atoms with Crippen LogP contribution in [0.25, 0.3) is 0 Å². The van der Waals surface area contributed by atoms with Gasteiger partial charge in [-0.1, -0.05) is 0 Å². The maximum absolute atomic E-state index is 15.3. The van der Waals surface area contributed by atoms with Crippen LogP contribution >= 0.6 is 0 Å². The van der Waals surface area contributed by atoms with Gasteiger partial charge in [-0.05, 0) is 85.9 Å². The fraction of sp³-hybridized carbons (Fsp3) is 0.552. The Morgan fingerprint density at radius 1 is 1.03 bits per heavy atom. The molecule has 5 aliphatic rings. The molecule has 6 nitrogen and oxygen atoms in total. The molecule has 190 valence electrons. The summed E-state index contributed by atoms with van der Waals surface area (Å²) < 4.78 is 26.8. The summed E-state index contributed by atoms with van der Waals surface area (Å²) in [6, 6.07) is 11.5. The molecule has 0 N–H and O–H groups in total. The summed E-state index contributed by atoms with van der Waals surface area (Å²) in [5.74, 6) is 2.30. The topological polar surface area (TPSA) is 45.3 Å². The Morgan fingerprint density at radius 2 is 1.92 bits per heavy atom. The zero-order valence-electron chi connectivity index (χ0n) is 20.7. The molecule has 4 fully saturated rings. The van der Waals surface area contributed by atoms with Crippen LogP contribution in [0, 0.1) is 17.7 Å². The zero-order valence-corrected chi connectivity index (χ0v) is 20.7. The average molecular weight is 492 g/mol. The number of likely N-dealkylation sites (tertiary alicyclic amines) is 1. The van der Waals surface area contributed by atoms with Crippen molar-refractivity contribution in [3.05, 3.63) is 53.3 Å². The second kappa shape index (κ2) is 9.03. The normalized spacial score (nSPS) is 29.5. The van der Waals surface area contributed by atoms with Crippen molar-refractivity contribution in [3.63, 3.8) is 0 Å². The molecule has 3 unspecified atom stereocenters. The third-order valence-electron chi connectivity index (χ3n) is 8.89. The SMILES string of the molecule is O=C1c2ccc(OC[C@@H]3CCCO3)cc2CCN1c1ccc(N2CCC(N3CC4CC4C3)C2)c(F)c1. The van der Waals surface area contributed by atoms with Crippen molar-refractivity contribution >= 4 is 17.3 Å². The largest absolute Gasteiger partial charge is 0.491 e. The molecule has 4 heterocycles. The first kappa shape index (κ1) is 22.5. The molecule has 4 atom stereocenters. The van der Waals surface area contributed by atoms with Crippen molar-refractivity contribution in [3.8, 4) is 5.75 Å². The van der Waals surface area contributed by atoms with E-state index in [1.54, 1.807) is 4.90 Å². The van der Waals surface area contributed by atoms with Crippen LogP contribution in [0.3, 0.4) is 0 Å². The highest BCUT2D eigenvalue weighted by Gasteiger charge is 2.47. The molecule has 4 aliphatic heterocycles. The maximum Gasteiger partial charge on any atom is 0.258 e. The zero-order chi connectivity index (χ0) is 24.2. The molecular formula is C29H34FN3O3. The lowest BCUT2D eigenvalue weighted by molar-refractivity contribution is 0.0679. The summed E-state index contributed by atoms with van der Waals surface area (Å²) in [5.41, 5.74) is 2.94. The van der Waals surface area contributed by atoms with Crippen LogP contribution in [-0.4, -0.2) is 68.9 Å². The number of halogens is 1. The number of carbonyl (C=O) groups is 1. The van der Waals surface area contributed by atoms with E-state index in [0.29, 0.717) is 42.6 Å². The highest BCUT2D eigenvalue weighted by molar-refractivity contribution is 6.08. The van der Waals surface area contributed by atoms with Crippen LogP contribution in [0.2, 0.25) is 0 Å². The van der Waals surface area contributed by atoms with Gasteiger partial charge in [0, 0.05) is 56.6 Å². The van der Waals surface area contributed by atoms with Crippen molar-refractivity contribution in [1.82, 2.24) is 4.90 Å². The van der Waals surface area contributed by atoms with E-state index in [1.165, 1.54) is 25.6 Å². The van der Waals surface area contributed by atoms with Gasteiger partial charge >= 0.3 is 0 Å². The molecule has 0 aromatic heterocycles. The van der Waals surface area contributed by atoms with Gasteiger partial charge in [0.25, 0.3) is 5.91 Å². The molecular weight excluding hydrogens is 457 g/mol. The van der Waals surface area contributed by atoms with Crippen molar-refractivity contribution in [2.45, 2.75) is 44.2 Å². The number of piperidine rings is 1. The highest BCUT2D eigenvalue weighted by Crippen LogP contribution is 2.46. The molecule has 1 saturated carbocycles. The Morgan fingerprint density at radius 3 is 2.72 bits per heavy atom. The van der Waals surface area contributed by atoms with Crippen molar-refractivity contribution in [1.29, 1.82) is 0 Å². The van der Waals surface area contributed by atoms with Gasteiger partial charge in [0.1, 0.15) is 18.2 Å². The minimum atomic E-state index is -0.242. The number of ether oxygens (including phenoxy) is 2. The lowest BCUT2D eigenvalue weighted by Crippen LogP contribution is -2.38. The Labute approximate surface area is 211 Å². The van der Waals surface area contributed by atoms with Gasteiger partial charge in [-0.15, -0.1) is 0 Å². The molecule has 2 aromatic rings. The highest BCUT2D eigenvalue weighted by atomic mass is 19.1. The summed E-state index contributed by atoms with van der Waals surface area (Å²) in [7, 11) is 0. The Hall–Kier alpha value is -2.64. The molecule has 0 spiro atoms. The van der Waals surface area contributed by atoms with Crippen molar-refractivity contribution in [2.75, 3.05) is 55.7 Å². The van der Waals surface area contributed by atoms with E-state index in [1.807, 2.05) is 30.3 Å². The number of hydrogen-bond acceptors (Lipinski definition) is 5. The third-order valence-corrected chi connectivity index (χ3v) is 8.89. The standard InChI is InChI=1S/C29H34FN3O3/c30-27-14-22(3-6-28(27)31-9-8-23(17-31)32-15-20-12-21(20)16-32)33-10-7-19-13-24(4-5-26(19)29(33)34)36-18-25-2-1-11-35-25/h3-6,13-14,20-21,23,25H,1-2,7-12,15-18H2/t20?,21?,23?,25-/m0/s1. The Balaban J connectivity index is 1.01. The van der Waals surface area contributed by atoms with E-state index in [-0.39, 0.29) is 17.8 Å². The lowest BCUT2D eigenvalue weighted by Gasteiger charge is -2.30. The van der Waals surface area contributed by atoms with Crippen molar-refractivity contribution < 1.29 is 18.7 Å². The number of hydrogen-bond donors (Lipinski definition) is 0. The molecule has 7 heteroatoms. The predicted molar refractivity (Wildman–Crippen MR) is 136 cm³/mol. The fourth-order valence-electron chi connectivity index (χ4n) is 6.68. The van der Waals surface area contributed by atoms with Gasteiger partial charge < -0.3 is 19.3 Å². The second-order valence-corrected chi connectivity index (χ2v) is 11.2. The number of amides is 1. The number of carbonyl (C=O) groups excluding carboxylic acids is 1. The molecule has 0 bridgehead atoms. The van der Waals surface area contributed by atoms with Crippen LogP contribution in [0.15, 0.2) is 36.4 Å².